The van der Waals surface area contributed by atoms with Crippen LogP contribution in [-0.4, -0.2) is 56.4 Å². The maximum Gasteiger partial charge on any atom is 0.319 e. The van der Waals surface area contributed by atoms with E-state index in [-0.39, 0.29) is 18.2 Å². The van der Waals surface area contributed by atoms with Gasteiger partial charge in [-0.25, -0.2) is 4.79 Å². The number of carbonyl (C=O) groups excluding carboxylic acids is 1. The summed E-state index contributed by atoms with van der Waals surface area (Å²) in [5, 5.41) is 5.69. The lowest BCUT2D eigenvalue weighted by molar-refractivity contribution is -0.0679. The van der Waals surface area contributed by atoms with Crippen molar-refractivity contribution in [2.24, 2.45) is 0 Å². The van der Waals surface area contributed by atoms with E-state index in [2.05, 4.69) is 29.4 Å². The number of benzene rings is 1. The number of urea groups is 1. The molecule has 2 amide bonds. The molecule has 2 N–H and O–H groups in total. The molecule has 2 unspecified atom stereocenters. The molecule has 0 aromatic heterocycles. The minimum Gasteiger partial charge on any atom is -0.497 e. The number of anilines is 1. The monoisotopic (exact) mass is 321 g/mol. The highest BCUT2D eigenvalue weighted by atomic mass is 16.5. The van der Waals surface area contributed by atoms with Crippen LogP contribution in [-0.2, 0) is 4.74 Å². The van der Waals surface area contributed by atoms with Gasteiger partial charge in [0, 0.05) is 37.9 Å². The van der Waals surface area contributed by atoms with Crippen molar-refractivity contribution in [3.63, 3.8) is 0 Å². The molecular weight excluding hydrogens is 294 g/mol. The maximum atomic E-state index is 11.9. The van der Waals surface area contributed by atoms with Gasteiger partial charge in [0.2, 0.25) is 0 Å². The fraction of sp³-hybridized carbons (Fsp3) is 0.588. The molecule has 0 radical (unpaired) electrons. The average molecular weight is 321 g/mol. The minimum atomic E-state index is -0.193. The Balaban J connectivity index is 1.64. The van der Waals surface area contributed by atoms with E-state index >= 15 is 0 Å². The van der Waals surface area contributed by atoms with Crippen LogP contribution in [0.1, 0.15) is 20.3 Å². The Kier molecular flexibility index (Phi) is 6.67. The highest BCUT2D eigenvalue weighted by molar-refractivity contribution is 5.89. The summed E-state index contributed by atoms with van der Waals surface area (Å²) in [7, 11) is 1.60. The summed E-state index contributed by atoms with van der Waals surface area (Å²) in [5.41, 5.74) is 0.720. The molecule has 0 aliphatic carbocycles. The van der Waals surface area contributed by atoms with Gasteiger partial charge in [-0.3, -0.25) is 4.90 Å². The molecule has 0 spiro atoms. The molecule has 1 saturated heterocycles. The number of nitrogens with one attached hydrogen (secondary N) is 2. The summed E-state index contributed by atoms with van der Waals surface area (Å²) in [6.07, 6.45) is 1.48. The van der Waals surface area contributed by atoms with Gasteiger partial charge in [-0.05, 0) is 32.4 Å². The molecule has 6 nitrogen and oxygen atoms in total. The number of nitrogens with zero attached hydrogens (tertiary/aromatic N) is 1. The molecule has 0 bridgehead atoms. The van der Waals surface area contributed by atoms with Crippen LogP contribution in [0.25, 0.3) is 0 Å². The SMILES string of the molecule is COc1cccc(NC(=O)NCCCN2CC(C)OC(C)C2)c1. The summed E-state index contributed by atoms with van der Waals surface area (Å²) >= 11 is 0. The van der Waals surface area contributed by atoms with Gasteiger partial charge in [0.05, 0.1) is 19.3 Å². The maximum absolute atomic E-state index is 11.9. The first-order valence-corrected chi connectivity index (χ1v) is 8.13. The molecule has 1 aromatic rings. The Morgan fingerprint density at radius 1 is 1.35 bits per heavy atom. The minimum absolute atomic E-state index is 0.193. The first-order chi connectivity index (χ1) is 11.1. The number of carbonyl (C=O) groups is 1. The van der Waals surface area contributed by atoms with Crippen molar-refractivity contribution in [2.75, 3.05) is 38.6 Å². The number of methoxy groups -OCH3 is 1. The fourth-order valence-electron chi connectivity index (χ4n) is 2.85. The highest BCUT2D eigenvalue weighted by Gasteiger charge is 2.21. The van der Waals surface area contributed by atoms with Crippen molar-refractivity contribution in [1.82, 2.24) is 10.2 Å². The van der Waals surface area contributed by atoms with Crippen LogP contribution in [0, 0.1) is 0 Å². The second kappa shape index (κ2) is 8.74. The van der Waals surface area contributed by atoms with Crippen molar-refractivity contribution < 1.29 is 14.3 Å². The number of ether oxygens (including phenoxy) is 2. The van der Waals surface area contributed by atoms with Crippen molar-refractivity contribution in [3.8, 4) is 5.75 Å². The molecule has 2 atom stereocenters. The van der Waals surface area contributed by atoms with Gasteiger partial charge in [0.25, 0.3) is 0 Å². The molecule has 1 aliphatic heterocycles. The summed E-state index contributed by atoms with van der Waals surface area (Å²) in [6, 6.07) is 7.11. The van der Waals surface area contributed by atoms with Crippen LogP contribution in [0.5, 0.6) is 5.75 Å². The molecule has 1 aliphatic rings. The number of rotatable bonds is 6. The van der Waals surface area contributed by atoms with Crippen molar-refractivity contribution >= 4 is 11.7 Å². The topological polar surface area (TPSA) is 62.8 Å². The van der Waals surface area contributed by atoms with Crippen LogP contribution in [0.15, 0.2) is 24.3 Å². The van der Waals surface area contributed by atoms with Crippen LogP contribution in [0.3, 0.4) is 0 Å². The molecule has 23 heavy (non-hydrogen) atoms. The predicted octanol–water partition coefficient (Wildman–Crippen LogP) is 2.32. The predicted molar refractivity (Wildman–Crippen MR) is 91.1 cm³/mol. The average Bonchev–Trinajstić information content (AvgIpc) is 2.51. The Morgan fingerprint density at radius 2 is 2.09 bits per heavy atom. The quantitative estimate of drug-likeness (QED) is 0.789. The van der Waals surface area contributed by atoms with Gasteiger partial charge in [0.15, 0.2) is 0 Å². The largest absolute Gasteiger partial charge is 0.497 e. The molecule has 2 rings (SSSR count). The molecule has 0 saturated carbocycles. The van der Waals surface area contributed by atoms with E-state index in [1.165, 1.54) is 0 Å². The van der Waals surface area contributed by atoms with Crippen molar-refractivity contribution in [2.45, 2.75) is 32.5 Å². The number of amides is 2. The second-order valence-electron chi connectivity index (χ2n) is 5.98. The number of morpholine rings is 1. The van der Waals surface area contributed by atoms with Gasteiger partial charge < -0.3 is 20.1 Å². The van der Waals surface area contributed by atoms with E-state index in [1.54, 1.807) is 13.2 Å². The van der Waals surface area contributed by atoms with Gasteiger partial charge in [-0.15, -0.1) is 0 Å². The van der Waals surface area contributed by atoms with E-state index in [1.807, 2.05) is 18.2 Å². The lowest BCUT2D eigenvalue weighted by atomic mass is 10.2. The van der Waals surface area contributed by atoms with Crippen LogP contribution >= 0.6 is 0 Å². The number of hydrogen-bond acceptors (Lipinski definition) is 4. The summed E-state index contributed by atoms with van der Waals surface area (Å²) in [6.45, 7) is 7.74. The standard InChI is InChI=1S/C17H27N3O3/c1-13-11-20(12-14(2)23-13)9-5-8-18-17(21)19-15-6-4-7-16(10-15)22-3/h4,6-7,10,13-14H,5,8-9,11-12H2,1-3H3,(H2,18,19,21). The lowest BCUT2D eigenvalue weighted by Gasteiger charge is -2.35. The van der Waals surface area contributed by atoms with Gasteiger partial charge in [-0.1, -0.05) is 6.07 Å². The first kappa shape index (κ1) is 17.6. The van der Waals surface area contributed by atoms with E-state index in [0.29, 0.717) is 6.54 Å². The van der Waals surface area contributed by atoms with Crippen LogP contribution in [0.4, 0.5) is 10.5 Å². The fourth-order valence-corrected chi connectivity index (χ4v) is 2.85. The lowest BCUT2D eigenvalue weighted by Crippen LogP contribution is -2.46. The third kappa shape index (κ3) is 6.08. The zero-order valence-corrected chi connectivity index (χ0v) is 14.2. The van der Waals surface area contributed by atoms with E-state index < -0.39 is 0 Å². The molecule has 128 valence electrons. The van der Waals surface area contributed by atoms with Gasteiger partial charge in [0.1, 0.15) is 5.75 Å². The summed E-state index contributed by atoms with van der Waals surface area (Å²) < 4.78 is 10.8. The highest BCUT2D eigenvalue weighted by Crippen LogP contribution is 2.16. The zero-order chi connectivity index (χ0) is 16.7. The second-order valence-corrected chi connectivity index (χ2v) is 5.98. The third-order valence-corrected chi connectivity index (χ3v) is 3.76. The summed E-state index contributed by atoms with van der Waals surface area (Å²) in [4.78, 5) is 14.3. The van der Waals surface area contributed by atoms with Crippen molar-refractivity contribution in [1.29, 1.82) is 0 Å². The van der Waals surface area contributed by atoms with Crippen molar-refractivity contribution in [3.05, 3.63) is 24.3 Å². The van der Waals surface area contributed by atoms with E-state index in [9.17, 15) is 4.79 Å². The van der Waals surface area contributed by atoms with E-state index in [4.69, 9.17) is 9.47 Å². The molecule has 1 aromatic carbocycles. The molecule has 1 fully saturated rings. The van der Waals surface area contributed by atoms with Crippen LogP contribution < -0.4 is 15.4 Å². The Labute approximate surface area is 138 Å². The Hall–Kier alpha value is -1.79. The molecular formula is C17H27N3O3. The van der Waals surface area contributed by atoms with Gasteiger partial charge in [-0.2, -0.15) is 0 Å². The molecule has 1 heterocycles. The molecule has 6 heteroatoms. The Bertz CT molecular complexity index is 500. The Morgan fingerprint density at radius 3 is 2.78 bits per heavy atom. The van der Waals surface area contributed by atoms with Gasteiger partial charge >= 0.3 is 6.03 Å². The number of hydrogen-bond donors (Lipinski definition) is 2. The first-order valence-electron chi connectivity index (χ1n) is 8.13. The van der Waals surface area contributed by atoms with E-state index in [0.717, 1.165) is 37.5 Å². The third-order valence-electron chi connectivity index (χ3n) is 3.76. The zero-order valence-electron chi connectivity index (χ0n) is 14.2. The smallest absolute Gasteiger partial charge is 0.319 e. The van der Waals surface area contributed by atoms with Crippen LogP contribution in [0.2, 0.25) is 0 Å². The normalized spacial score (nSPS) is 21.7. The summed E-state index contributed by atoms with van der Waals surface area (Å²) in [5.74, 6) is 0.721.